The Kier molecular flexibility index (Phi) is 9.08. The molecule has 0 atom stereocenters. The summed E-state index contributed by atoms with van der Waals surface area (Å²) in [5.74, 6) is -0.153. The zero-order valence-electron chi connectivity index (χ0n) is 21.5. The van der Waals surface area contributed by atoms with Gasteiger partial charge in [0.1, 0.15) is 12.3 Å². The van der Waals surface area contributed by atoms with Gasteiger partial charge >= 0.3 is 12.4 Å². The summed E-state index contributed by atoms with van der Waals surface area (Å²) >= 11 is 0. The van der Waals surface area contributed by atoms with Crippen molar-refractivity contribution < 1.29 is 35.9 Å². The maximum atomic E-state index is 13.2. The first-order valence-electron chi connectivity index (χ1n) is 13.0. The van der Waals surface area contributed by atoms with Crippen molar-refractivity contribution in [2.45, 2.75) is 69.1 Å². The van der Waals surface area contributed by atoms with Gasteiger partial charge < -0.3 is 20.3 Å². The third-order valence-corrected chi connectivity index (χ3v) is 7.20. The van der Waals surface area contributed by atoms with Gasteiger partial charge in [-0.1, -0.05) is 0 Å². The Hall–Kier alpha value is -3.53. The molecule has 216 valence electrons. The molecule has 0 radical (unpaired) electrons. The lowest BCUT2D eigenvalue weighted by atomic mass is 9.92. The first-order valence-corrected chi connectivity index (χ1v) is 13.0. The molecule has 2 heterocycles. The number of carbonyl (C=O) groups is 1. The van der Waals surface area contributed by atoms with Crippen LogP contribution in [0.1, 0.15) is 55.3 Å². The fraction of sp³-hybridized carbons (Fsp3) is 0.519. The fourth-order valence-corrected chi connectivity index (χ4v) is 5.04. The summed E-state index contributed by atoms with van der Waals surface area (Å²) in [4.78, 5) is 17.7. The third-order valence-electron chi connectivity index (χ3n) is 7.20. The van der Waals surface area contributed by atoms with Crippen LogP contribution < -0.4 is 10.6 Å². The average Bonchev–Trinajstić information content (AvgIpc) is 2.92. The maximum absolute atomic E-state index is 13.2. The second kappa shape index (κ2) is 12.3. The number of ether oxygens (including phenoxy) is 1. The normalized spacial score (nSPS) is 20.6. The molecule has 0 spiro atoms. The van der Waals surface area contributed by atoms with E-state index in [1.165, 1.54) is 12.1 Å². The summed E-state index contributed by atoms with van der Waals surface area (Å²) in [5.41, 5.74) is -1.72. The number of halogens is 6. The molecule has 40 heavy (non-hydrogen) atoms. The number of carbonyl (C=O) groups excluding carboxylic acids is 1. The zero-order valence-corrected chi connectivity index (χ0v) is 21.5. The molecule has 2 aromatic rings. The van der Waals surface area contributed by atoms with Crippen molar-refractivity contribution >= 4 is 17.3 Å². The molecule has 1 aromatic heterocycles. The smallest absolute Gasteiger partial charge is 0.382 e. The number of nitrogens with zero attached hydrogens (tertiary/aromatic N) is 3. The Labute approximate surface area is 227 Å². The molecule has 0 bridgehead atoms. The van der Waals surface area contributed by atoms with Crippen molar-refractivity contribution in [1.82, 2.24) is 9.88 Å². The molecule has 1 saturated carbocycles. The monoisotopic (exact) mass is 569 g/mol. The van der Waals surface area contributed by atoms with Gasteiger partial charge in [0.25, 0.3) is 0 Å². The number of hydrogen-bond donors (Lipinski definition) is 2. The second-order valence-electron chi connectivity index (χ2n) is 10.0. The number of anilines is 2. The average molecular weight is 570 g/mol. The maximum Gasteiger partial charge on any atom is 0.433 e. The van der Waals surface area contributed by atoms with Gasteiger partial charge in [0, 0.05) is 42.7 Å². The van der Waals surface area contributed by atoms with E-state index in [2.05, 4.69) is 15.6 Å². The van der Waals surface area contributed by atoms with Crippen molar-refractivity contribution in [2.75, 3.05) is 30.3 Å². The van der Waals surface area contributed by atoms with Crippen LogP contribution in [0.5, 0.6) is 0 Å². The predicted octanol–water partition coefficient (Wildman–Crippen LogP) is 5.83. The molecular weight excluding hydrogens is 540 g/mol. The molecule has 2 fully saturated rings. The number of likely N-dealkylation sites (tertiary alicyclic amines) is 1. The Morgan fingerprint density at radius 3 is 2.15 bits per heavy atom. The molecule has 0 unspecified atom stereocenters. The van der Waals surface area contributed by atoms with Crippen LogP contribution in [0.3, 0.4) is 0 Å². The van der Waals surface area contributed by atoms with Gasteiger partial charge in [-0.15, -0.1) is 0 Å². The van der Waals surface area contributed by atoms with E-state index < -0.39 is 29.2 Å². The minimum atomic E-state index is -4.62. The number of nitrogens with one attached hydrogen (secondary N) is 2. The minimum absolute atomic E-state index is 0.0521. The summed E-state index contributed by atoms with van der Waals surface area (Å²) < 4.78 is 84.1. The van der Waals surface area contributed by atoms with Crippen molar-refractivity contribution in [3.63, 3.8) is 0 Å². The highest BCUT2D eigenvalue weighted by atomic mass is 19.4. The van der Waals surface area contributed by atoms with Crippen LogP contribution in [-0.2, 0) is 21.9 Å². The van der Waals surface area contributed by atoms with Gasteiger partial charge in [0.2, 0.25) is 5.91 Å². The summed E-state index contributed by atoms with van der Waals surface area (Å²) in [7, 11) is 0. The lowest BCUT2D eigenvalue weighted by Crippen LogP contribution is -2.44. The SMILES string of the molecule is N#Cc1ccc(NC2CCC(OCC(=O)N3CCC(Nc4ccnc(C(F)(F)F)c4)CC3)CC2)cc1C(F)(F)F. The van der Waals surface area contributed by atoms with E-state index in [1.807, 2.05) is 0 Å². The highest BCUT2D eigenvalue weighted by Gasteiger charge is 2.35. The fourth-order valence-electron chi connectivity index (χ4n) is 5.04. The topological polar surface area (TPSA) is 90.3 Å². The standard InChI is InChI=1S/C27H29F6N5O2/c28-26(29,30)23-13-20(2-1-17(23)15-34)36-18-3-5-22(6-4-18)40-16-25(39)38-11-8-19(9-12-38)37-21-7-10-35-24(14-21)27(31,32)33/h1-2,7,10,13-14,18-19,22,36H,3-6,8-9,11-12,16H2,(H,35,37). The van der Waals surface area contributed by atoms with Crippen molar-refractivity contribution in [3.8, 4) is 6.07 Å². The highest BCUT2D eigenvalue weighted by molar-refractivity contribution is 5.77. The Morgan fingerprint density at radius 2 is 1.55 bits per heavy atom. The highest BCUT2D eigenvalue weighted by Crippen LogP contribution is 2.34. The van der Waals surface area contributed by atoms with Crippen molar-refractivity contribution in [2.24, 2.45) is 0 Å². The van der Waals surface area contributed by atoms with Gasteiger partial charge in [-0.05, 0) is 68.9 Å². The van der Waals surface area contributed by atoms with E-state index in [-0.39, 0.29) is 30.7 Å². The largest absolute Gasteiger partial charge is 0.433 e. The number of amides is 1. The molecule has 1 aromatic carbocycles. The third kappa shape index (κ3) is 7.78. The summed E-state index contributed by atoms with van der Waals surface area (Å²) in [6, 6.07) is 7.48. The van der Waals surface area contributed by atoms with E-state index in [9.17, 15) is 31.1 Å². The lowest BCUT2D eigenvalue weighted by molar-refractivity contribution is -0.141. The Bertz CT molecular complexity index is 1210. The van der Waals surface area contributed by atoms with Gasteiger partial charge in [-0.2, -0.15) is 31.6 Å². The molecule has 1 saturated heterocycles. The number of pyridine rings is 1. The minimum Gasteiger partial charge on any atom is -0.382 e. The molecule has 2 aliphatic rings. The number of piperidine rings is 1. The van der Waals surface area contributed by atoms with Gasteiger partial charge in [-0.25, -0.2) is 0 Å². The Morgan fingerprint density at radius 1 is 0.925 bits per heavy atom. The Balaban J connectivity index is 1.17. The molecule has 2 N–H and O–H groups in total. The number of rotatable bonds is 7. The van der Waals surface area contributed by atoms with E-state index in [0.717, 1.165) is 24.4 Å². The molecule has 1 aliphatic heterocycles. The summed E-state index contributed by atoms with van der Waals surface area (Å²) in [6.07, 6.45) is -4.40. The van der Waals surface area contributed by atoms with Gasteiger partial charge in [0.05, 0.1) is 23.3 Å². The van der Waals surface area contributed by atoms with Crippen LogP contribution in [0.25, 0.3) is 0 Å². The van der Waals surface area contributed by atoms with Crippen LogP contribution >= 0.6 is 0 Å². The summed E-state index contributed by atoms with van der Waals surface area (Å²) in [5, 5.41) is 15.1. The lowest BCUT2D eigenvalue weighted by Gasteiger charge is -2.34. The van der Waals surface area contributed by atoms with Crippen LogP contribution in [0.15, 0.2) is 36.5 Å². The molecule has 4 rings (SSSR count). The second-order valence-corrected chi connectivity index (χ2v) is 10.0. The first-order chi connectivity index (χ1) is 18.9. The van der Waals surface area contributed by atoms with Crippen LogP contribution in [0.2, 0.25) is 0 Å². The van der Waals surface area contributed by atoms with Crippen molar-refractivity contribution in [3.05, 3.63) is 53.3 Å². The quantitative estimate of drug-likeness (QED) is 0.408. The van der Waals surface area contributed by atoms with Crippen LogP contribution in [0, 0.1) is 11.3 Å². The molecular formula is C27H29F6N5O2. The molecule has 7 nitrogen and oxygen atoms in total. The van der Waals surface area contributed by atoms with Crippen LogP contribution in [0.4, 0.5) is 37.7 Å². The van der Waals surface area contributed by atoms with Gasteiger partial charge in [-0.3, -0.25) is 9.78 Å². The number of nitriles is 1. The van der Waals surface area contributed by atoms with E-state index >= 15 is 0 Å². The van der Waals surface area contributed by atoms with Gasteiger partial charge in [0.15, 0.2) is 0 Å². The number of aromatic nitrogens is 1. The number of benzene rings is 1. The predicted molar refractivity (Wildman–Crippen MR) is 134 cm³/mol. The summed E-state index contributed by atoms with van der Waals surface area (Å²) in [6.45, 7) is 0.835. The first kappa shape index (κ1) is 29.5. The number of hydrogen-bond acceptors (Lipinski definition) is 6. The zero-order chi connectivity index (χ0) is 28.9. The molecule has 1 amide bonds. The number of alkyl halides is 6. The van der Waals surface area contributed by atoms with Crippen LogP contribution in [-0.4, -0.2) is 53.7 Å². The van der Waals surface area contributed by atoms with E-state index in [4.69, 9.17) is 10.00 Å². The molecule has 13 heteroatoms. The van der Waals surface area contributed by atoms with E-state index in [0.29, 0.717) is 63.0 Å². The molecule has 1 aliphatic carbocycles. The van der Waals surface area contributed by atoms with Crippen molar-refractivity contribution in [1.29, 1.82) is 5.26 Å². The van der Waals surface area contributed by atoms with E-state index in [1.54, 1.807) is 11.0 Å².